The summed E-state index contributed by atoms with van der Waals surface area (Å²) in [4.78, 5) is 41.5. The third-order valence-corrected chi connectivity index (χ3v) is 10.9. The van der Waals surface area contributed by atoms with Crippen molar-refractivity contribution in [2.75, 3.05) is 13.2 Å². The standard InChI is InChI=1S/C34H56O9P2/c1-31(2,3)23-17-21(18-24(29(23)35)32(4,5)6)27(44(37,38)39)13-15-43-16-14-28(45(40,41)42)22-19-25(33(7,8)9)30(36)26(20-22)34(10,11)12/h17-20,27-28,35-36H,13-16H2,1-12H3,(H2,37,38,39)(H2,40,41,42). The number of rotatable bonds is 10. The summed E-state index contributed by atoms with van der Waals surface area (Å²) in [7, 11) is -9.31. The van der Waals surface area contributed by atoms with Crippen LogP contribution in [-0.4, -0.2) is 43.0 Å². The van der Waals surface area contributed by atoms with Gasteiger partial charge in [-0.3, -0.25) is 9.13 Å². The highest BCUT2D eigenvalue weighted by Crippen LogP contribution is 2.57. The summed E-state index contributed by atoms with van der Waals surface area (Å²) in [6, 6.07) is 6.62. The van der Waals surface area contributed by atoms with Crippen molar-refractivity contribution in [3.05, 3.63) is 57.6 Å². The van der Waals surface area contributed by atoms with Crippen LogP contribution in [0, 0.1) is 0 Å². The minimum absolute atomic E-state index is 0.0374. The lowest BCUT2D eigenvalue weighted by molar-refractivity contribution is 0.124. The van der Waals surface area contributed by atoms with Crippen molar-refractivity contribution in [3.8, 4) is 11.5 Å². The quantitative estimate of drug-likeness (QED) is 0.108. The number of hydrogen-bond donors (Lipinski definition) is 6. The molecule has 0 saturated heterocycles. The lowest BCUT2D eigenvalue weighted by Crippen LogP contribution is -2.19. The van der Waals surface area contributed by atoms with Crippen molar-refractivity contribution in [2.45, 2.75) is 129 Å². The first-order valence-corrected chi connectivity index (χ1v) is 18.8. The van der Waals surface area contributed by atoms with Crippen LogP contribution in [0.5, 0.6) is 11.5 Å². The third kappa shape index (κ3) is 10.1. The maximum atomic E-state index is 12.7. The first kappa shape index (κ1) is 39.5. The topological polar surface area (TPSA) is 165 Å². The highest BCUT2D eigenvalue weighted by molar-refractivity contribution is 7.52. The summed E-state index contributed by atoms with van der Waals surface area (Å²) >= 11 is 0. The van der Waals surface area contributed by atoms with Crippen LogP contribution in [0.3, 0.4) is 0 Å². The van der Waals surface area contributed by atoms with E-state index in [1.54, 1.807) is 24.3 Å². The van der Waals surface area contributed by atoms with E-state index < -0.39 is 48.2 Å². The van der Waals surface area contributed by atoms with E-state index >= 15 is 0 Å². The molecule has 2 unspecified atom stereocenters. The molecule has 0 aliphatic rings. The molecule has 0 fully saturated rings. The zero-order valence-electron chi connectivity index (χ0n) is 29.1. The van der Waals surface area contributed by atoms with Crippen LogP contribution in [0.4, 0.5) is 0 Å². The van der Waals surface area contributed by atoms with Crippen LogP contribution in [0.15, 0.2) is 24.3 Å². The Kier molecular flexibility index (Phi) is 11.8. The van der Waals surface area contributed by atoms with Gasteiger partial charge in [-0.25, -0.2) is 0 Å². The lowest BCUT2D eigenvalue weighted by Gasteiger charge is -2.30. The summed E-state index contributed by atoms with van der Waals surface area (Å²) in [5.41, 5.74) is -1.16. The highest BCUT2D eigenvalue weighted by atomic mass is 31.2. The Hall–Kier alpha value is -1.70. The summed E-state index contributed by atoms with van der Waals surface area (Å²) in [6.45, 7) is 23.0. The van der Waals surface area contributed by atoms with Gasteiger partial charge in [0.05, 0.1) is 11.3 Å². The van der Waals surface area contributed by atoms with E-state index in [2.05, 4.69) is 0 Å². The van der Waals surface area contributed by atoms with Gasteiger partial charge < -0.3 is 34.5 Å². The average Bonchev–Trinajstić information content (AvgIpc) is 2.80. The van der Waals surface area contributed by atoms with Gasteiger partial charge in [-0.05, 0) is 67.9 Å². The minimum atomic E-state index is -4.66. The molecule has 0 radical (unpaired) electrons. The zero-order valence-corrected chi connectivity index (χ0v) is 30.9. The van der Waals surface area contributed by atoms with Crippen LogP contribution in [0.25, 0.3) is 0 Å². The van der Waals surface area contributed by atoms with Crippen LogP contribution in [0.1, 0.15) is 141 Å². The van der Waals surface area contributed by atoms with E-state index in [-0.39, 0.29) is 37.6 Å². The molecule has 2 aromatic rings. The number of phenols is 2. The van der Waals surface area contributed by atoms with Gasteiger partial charge in [-0.1, -0.05) is 107 Å². The van der Waals surface area contributed by atoms with Gasteiger partial charge in [0, 0.05) is 13.2 Å². The van der Waals surface area contributed by atoms with Crippen LogP contribution in [-0.2, 0) is 35.5 Å². The molecule has 2 rings (SSSR count). The van der Waals surface area contributed by atoms with Gasteiger partial charge in [-0.2, -0.15) is 0 Å². The molecule has 45 heavy (non-hydrogen) atoms. The van der Waals surface area contributed by atoms with Crippen molar-refractivity contribution in [3.63, 3.8) is 0 Å². The van der Waals surface area contributed by atoms with Crippen molar-refractivity contribution in [1.82, 2.24) is 0 Å². The predicted octanol–water partition coefficient (Wildman–Crippen LogP) is 8.22. The fraction of sp³-hybridized carbons (Fsp3) is 0.647. The molecule has 2 atom stereocenters. The number of benzene rings is 2. The Bertz CT molecular complexity index is 1260. The Morgan fingerprint density at radius 1 is 0.533 bits per heavy atom. The fourth-order valence-corrected chi connectivity index (χ4v) is 7.49. The van der Waals surface area contributed by atoms with E-state index in [1.807, 2.05) is 83.1 Å². The number of phenolic OH excluding ortho intramolecular Hbond substituents is 2. The SMILES string of the molecule is CC(C)(C)c1cc(C(CCOCCC(c2cc(C(C)(C)C)c(O)c(C(C)(C)C)c2)P(=O)(O)O)P(=O)(O)O)cc(C(C)(C)C)c1O. The Morgan fingerprint density at radius 2 is 0.756 bits per heavy atom. The van der Waals surface area contributed by atoms with E-state index in [0.717, 1.165) is 0 Å². The van der Waals surface area contributed by atoms with E-state index in [1.165, 1.54) is 0 Å². The molecule has 0 amide bonds. The maximum Gasteiger partial charge on any atom is 0.333 e. The highest BCUT2D eigenvalue weighted by Gasteiger charge is 2.36. The minimum Gasteiger partial charge on any atom is -0.507 e. The van der Waals surface area contributed by atoms with Crippen LogP contribution < -0.4 is 0 Å². The average molecular weight is 671 g/mol. The molecule has 0 spiro atoms. The van der Waals surface area contributed by atoms with Crippen LogP contribution in [0.2, 0.25) is 0 Å². The van der Waals surface area contributed by atoms with Gasteiger partial charge in [0.1, 0.15) is 11.5 Å². The molecule has 6 N–H and O–H groups in total. The summed E-state index contributed by atoms with van der Waals surface area (Å²) < 4.78 is 31.2. The van der Waals surface area contributed by atoms with Crippen molar-refractivity contribution in [1.29, 1.82) is 0 Å². The molecular formula is C34H56O9P2. The zero-order chi connectivity index (χ0) is 35.1. The van der Waals surface area contributed by atoms with Gasteiger partial charge in [0.15, 0.2) is 0 Å². The van der Waals surface area contributed by atoms with Crippen LogP contribution >= 0.6 is 15.2 Å². The number of ether oxygens (including phenoxy) is 1. The predicted molar refractivity (Wildman–Crippen MR) is 181 cm³/mol. The molecule has 0 aromatic heterocycles. The molecule has 2 aromatic carbocycles. The number of aromatic hydroxyl groups is 2. The third-order valence-electron chi connectivity index (χ3n) is 8.15. The summed E-state index contributed by atoms with van der Waals surface area (Å²) in [5, 5.41) is 22.1. The lowest BCUT2D eigenvalue weighted by atomic mass is 9.78. The van der Waals surface area contributed by atoms with Gasteiger partial charge in [0.25, 0.3) is 0 Å². The maximum absolute atomic E-state index is 12.7. The fourth-order valence-electron chi connectivity index (χ4n) is 5.54. The molecule has 0 aliphatic heterocycles. The number of hydrogen-bond acceptors (Lipinski definition) is 5. The van der Waals surface area contributed by atoms with Crippen molar-refractivity contribution < 1.29 is 43.7 Å². The molecule has 0 heterocycles. The second kappa shape index (κ2) is 13.4. The van der Waals surface area contributed by atoms with Gasteiger partial charge in [-0.15, -0.1) is 0 Å². The molecular weight excluding hydrogens is 614 g/mol. The Labute approximate surface area is 269 Å². The molecule has 9 nitrogen and oxygen atoms in total. The van der Waals surface area contributed by atoms with Gasteiger partial charge >= 0.3 is 15.2 Å². The first-order chi connectivity index (χ1) is 20.0. The van der Waals surface area contributed by atoms with Crippen molar-refractivity contribution >= 4 is 15.2 Å². The molecule has 0 bridgehead atoms. The van der Waals surface area contributed by atoms with E-state index in [0.29, 0.717) is 33.4 Å². The van der Waals surface area contributed by atoms with Crippen molar-refractivity contribution in [2.24, 2.45) is 0 Å². The molecule has 0 saturated carbocycles. The molecule has 256 valence electrons. The summed E-state index contributed by atoms with van der Waals surface area (Å²) in [5.74, 6) is 0.225. The van der Waals surface area contributed by atoms with Gasteiger partial charge in [0.2, 0.25) is 0 Å². The molecule has 0 aliphatic carbocycles. The second-order valence-corrected chi connectivity index (χ2v) is 19.9. The molecule has 11 heteroatoms. The monoisotopic (exact) mass is 670 g/mol. The van der Waals surface area contributed by atoms with E-state index in [4.69, 9.17) is 4.74 Å². The normalized spacial score (nSPS) is 15.3. The Morgan fingerprint density at radius 3 is 0.933 bits per heavy atom. The van der Waals surface area contributed by atoms with E-state index in [9.17, 15) is 38.9 Å². The second-order valence-electron chi connectivity index (χ2n) is 16.3. The first-order valence-electron chi connectivity index (χ1n) is 15.4. The Balaban J connectivity index is 2.38. The summed E-state index contributed by atoms with van der Waals surface area (Å²) in [6.07, 6.45) is -0.0747. The largest absolute Gasteiger partial charge is 0.507 e. The smallest absolute Gasteiger partial charge is 0.333 e.